The fraction of sp³-hybridized carbons (Fsp3) is 0.250. The van der Waals surface area contributed by atoms with Crippen LogP contribution in [0.5, 0.6) is 0 Å². The van der Waals surface area contributed by atoms with E-state index >= 15 is 0 Å². The molecule has 2 aromatic rings. The number of fused-ring (bicyclic) bond motifs is 1. The number of aliphatic hydroxyl groups is 1. The van der Waals surface area contributed by atoms with Crippen molar-refractivity contribution in [1.29, 1.82) is 0 Å². The molecule has 116 valence electrons. The van der Waals surface area contributed by atoms with Gasteiger partial charge < -0.3 is 5.11 Å². The molecule has 0 radical (unpaired) electrons. The topological polar surface area (TPSA) is 66.4 Å². The Balaban J connectivity index is 1.80. The quantitative estimate of drug-likeness (QED) is 0.904. The number of rotatable bonds is 4. The number of benzene rings is 2. The molecule has 0 saturated carbocycles. The van der Waals surface area contributed by atoms with Gasteiger partial charge in [-0.25, -0.2) is 17.5 Å². The van der Waals surface area contributed by atoms with Crippen molar-refractivity contribution in [3.63, 3.8) is 0 Å². The van der Waals surface area contributed by atoms with Crippen molar-refractivity contribution in [1.82, 2.24) is 4.72 Å². The highest BCUT2D eigenvalue weighted by Crippen LogP contribution is 2.32. The Bertz CT molecular complexity index is 791. The molecule has 2 aromatic carbocycles. The predicted molar refractivity (Wildman–Crippen MR) is 81.1 cm³/mol. The molecule has 1 aliphatic rings. The summed E-state index contributed by atoms with van der Waals surface area (Å²) in [5.74, 6) is -0.796. The summed E-state index contributed by atoms with van der Waals surface area (Å²) >= 11 is 0. The Morgan fingerprint density at radius 1 is 1.18 bits per heavy atom. The number of sulfonamides is 1. The van der Waals surface area contributed by atoms with E-state index in [-0.39, 0.29) is 5.75 Å². The third kappa shape index (κ3) is 3.19. The average Bonchev–Trinajstić information content (AvgIpc) is 2.74. The molecule has 2 unspecified atom stereocenters. The van der Waals surface area contributed by atoms with E-state index in [9.17, 15) is 17.9 Å². The van der Waals surface area contributed by atoms with Crippen LogP contribution in [0.1, 0.15) is 22.7 Å². The first-order valence-corrected chi connectivity index (χ1v) is 8.60. The van der Waals surface area contributed by atoms with Gasteiger partial charge >= 0.3 is 0 Å². The normalized spacial score (nSPS) is 20.8. The highest BCUT2D eigenvalue weighted by Gasteiger charge is 2.33. The molecule has 0 fully saturated rings. The summed E-state index contributed by atoms with van der Waals surface area (Å²) in [7, 11) is -3.69. The van der Waals surface area contributed by atoms with Crippen LogP contribution in [0.15, 0.2) is 48.5 Å². The lowest BCUT2D eigenvalue weighted by atomic mass is 10.1. The van der Waals surface area contributed by atoms with E-state index in [1.165, 1.54) is 18.2 Å². The average molecular weight is 321 g/mol. The summed E-state index contributed by atoms with van der Waals surface area (Å²) < 4.78 is 40.2. The van der Waals surface area contributed by atoms with Gasteiger partial charge in [0, 0.05) is 6.42 Å². The highest BCUT2D eigenvalue weighted by molar-refractivity contribution is 7.88. The van der Waals surface area contributed by atoms with Crippen molar-refractivity contribution in [2.24, 2.45) is 0 Å². The molecular weight excluding hydrogens is 305 g/mol. The van der Waals surface area contributed by atoms with E-state index in [4.69, 9.17) is 0 Å². The van der Waals surface area contributed by atoms with Crippen molar-refractivity contribution in [3.05, 3.63) is 71.0 Å². The van der Waals surface area contributed by atoms with Crippen molar-refractivity contribution in [2.75, 3.05) is 0 Å². The number of hydrogen-bond acceptors (Lipinski definition) is 3. The second-order valence-electron chi connectivity index (χ2n) is 5.45. The first-order valence-electron chi connectivity index (χ1n) is 6.95. The first-order chi connectivity index (χ1) is 10.4. The van der Waals surface area contributed by atoms with Crippen molar-refractivity contribution < 1.29 is 17.9 Å². The highest BCUT2D eigenvalue weighted by atomic mass is 32.2. The van der Waals surface area contributed by atoms with Crippen LogP contribution in [0, 0.1) is 5.82 Å². The summed E-state index contributed by atoms with van der Waals surface area (Å²) in [6.45, 7) is 0. The smallest absolute Gasteiger partial charge is 0.216 e. The predicted octanol–water partition coefficient (Wildman–Crippen LogP) is 1.90. The molecule has 6 heteroatoms. The van der Waals surface area contributed by atoms with Crippen molar-refractivity contribution in [2.45, 2.75) is 24.3 Å². The van der Waals surface area contributed by atoms with Crippen LogP contribution in [0.25, 0.3) is 0 Å². The van der Waals surface area contributed by atoms with Crippen LogP contribution in [-0.2, 0) is 22.2 Å². The minimum atomic E-state index is -3.69. The van der Waals surface area contributed by atoms with Gasteiger partial charge in [-0.05, 0) is 28.8 Å². The lowest BCUT2D eigenvalue weighted by molar-refractivity contribution is 0.151. The minimum absolute atomic E-state index is 0.323. The van der Waals surface area contributed by atoms with Crippen LogP contribution < -0.4 is 4.72 Å². The maximum Gasteiger partial charge on any atom is 0.216 e. The summed E-state index contributed by atoms with van der Waals surface area (Å²) in [4.78, 5) is 0. The lowest BCUT2D eigenvalue weighted by Crippen LogP contribution is -2.34. The largest absolute Gasteiger partial charge is 0.391 e. The van der Waals surface area contributed by atoms with Gasteiger partial charge in [0.25, 0.3) is 0 Å². The molecule has 0 aromatic heterocycles. The zero-order valence-corrected chi connectivity index (χ0v) is 12.6. The van der Waals surface area contributed by atoms with Gasteiger partial charge in [0.2, 0.25) is 10.0 Å². The molecule has 4 nitrogen and oxygen atoms in total. The van der Waals surface area contributed by atoms with Crippen LogP contribution >= 0.6 is 0 Å². The molecule has 2 atom stereocenters. The van der Waals surface area contributed by atoms with E-state index in [1.54, 1.807) is 12.1 Å². The molecule has 0 spiro atoms. The van der Waals surface area contributed by atoms with Gasteiger partial charge in [-0.2, -0.15) is 0 Å². The van der Waals surface area contributed by atoms with Gasteiger partial charge in [-0.1, -0.05) is 36.4 Å². The zero-order valence-electron chi connectivity index (χ0n) is 11.7. The number of hydrogen-bond donors (Lipinski definition) is 2. The van der Waals surface area contributed by atoms with Gasteiger partial charge in [0.05, 0.1) is 17.9 Å². The van der Waals surface area contributed by atoms with Gasteiger partial charge in [-0.15, -0.1) is 0 Å². The fourth-order valence-corrected chi connectivity index (χ4v) is 4.17. The van der Waals surface area contributed by atoms with Crippen LogP contribution in [-0.4, -0.2) is 19.6 Å². The number of nitrogens with one attached hydrogen (secondary N) is 1. The second kappa shape index (κ2) is 5.79. The lowest BCUT2D eigenvalue weighted by Gasteiger charge is -2.18. The molecule has 0 saturated heterocycles. The molecular formula is C16H16FNO3S. The molecule has 2 N–H and O–H groups in total. The fourth-order valence-electron chi connectivity index (χ4n) is 2.80. The molecule has 1 aliphatic carbocycles. The molecule has 0 amide bonds. The molecule has 0 aliphatic heterocycles. The second-order valence-corrected chi connectivity index (χ2v) is 7.21. The summed E-state index contributed by atoms with van der Waals surface area (Å²) in [5.41, 5.74) is 2.10. The Labute approximate surface area is 128 Å². The number of aliphatic hydroxyl groups excluding tert-OH is 1. The summed E-state index contributed by atoms with van der Waals surface area (Å²) in [5, 5.41) is 10.1. The van der Waals surface area contributed by atoms with Crippen molar-refractivity contribution in [3.8, 4) is 0 Å². The first kappa shape index (κ1) is 15.1. The van der Waals surface area contributed by atoms with Crippen LogP contribution in [0.4, 0.5) is 4.39 Å². The Kier molecular flexibility index (Phi) is 3.99. The third-order valence-electron chi connectivity index (χ3n) is 3.76. The van der Waals surface area contributed by atoms with Crippen molar-refractivity contribution >= 4 is 10.0 Å². The molecule has 0 heterocycles. The Hall–Kier alpha value is -1.76. The Morgan fingerprint density at radius 3 is 2.73 bits per heavy atom. The monoisotopic (exact) mass is 321 g/mol. The number of halogens is 1. The standard InChI is InChI=1S/C16H16FNO3S/c17-13-6-3-4-11(8-13)10-22(20,21)18-16-14-7-2-1-5-12(14)9-15(16)19/h1-8,15-16,18-19H,9-10H2. The molecule has 3 rings (SSSR count). The third-order valence-corrected chi connectivity index (χ3v) is 5.08. The summed E-state index contributed by atoms with van der Waals surface area (Å²) in [6, 6.07) is 12.2. The summed E-state index contributed by atoms with van der Waals surface area (Å²) in [6.07, 6.45) is -0.372. The van der Waals surface area contributed by atoms with Crippen LogP contribution in [0.3, 0.4) is 0 Å². The van der Waals surface area contributed by atoms with Gasteiger partial charge in [0.1, 0.15) is 5.82 Å². The van der Waals surface area contributed by atoms with E-state index in [0.717, 1.165) is 11.1 Å². The van der Waals surface area contributed by atoms with Gasteiger partial charge in [-0.3, -0.25) is 0 Å². The van der Waals surface area contributed by atoms with E-state index in [1.807, 2.05) is 18.2 Å². The Morgan fingerprint density at radius 2 is 1.95 bits per heavy atom. The molecule has 0 bridgehead atoms. The maximum absolute atomic E-state index is 13.2. The maximum atomic E-state index is 13.2. The van der Waals surface area contributed by atoms with Crippen LogP contribution in [0.2, 0.25) is 0 Å². The van der Waals surface area contributed by atoms with E-state index < -0.39 is 28.0 Å². The SMILES string of the molecule is O=S(=O)(Cc1cccc(F)c1)NC1c2ccccc2CC1O. The molecule has 22 heavy (non-hydrogen) atoms. The van der Waals surface area contributed by atoms with E-state index in [2.05, 4.69) is 4.72 Å². The van der Waals surface area contributed by atoms with E-state index in [0.29, 0.717) is 12.0 Å². The zero-order chi connectivity index (χ0) is 15.7. The van der Waals surface area contributed by atoms with Gasteiger partial charge in [0.15, 0.2) is 0 Å². The minimum Gasteiger partial charge on any atom is -0.391 e.